The van der Waals surface area contributed by atoms with Gasteiger partial charge in [-0.15, -0.1) is 0 Å². The monoisotopic (exact) mass is 566 g/mol. The van der Waals surface area contributed by atoms with Crippen molar-refractivity contribution in [3.8, 4) is 0 Å². The summed E-state index contributed by atoms with van der Waals surface area (Å²) in [7, 11) is 2.64. The highest BCUT2D eigenvalue weighted by atomic mass is 19.4. The van der Waals surface area contributed by atoms with Crippen LogP contribution in [0.3, 0.4) is 0 Å². The Kier molecular flexibility index (Phi) is 14.3. The third kappa shape index (κ3) is 8.58. The molecule has 0 N–H and O–H groups in total. The predicted molar refractivity (Wildman–Crippen MR) is 147 cm³/mol. The lowest BCUT2D eigenvalue weighted by Crippen LogP contribution is -2.49. The molecule has 8 heteroatoms. The summed E-state index contributed by atoms with van der Waals surface area (Å²) in [5.74, 6) is 2.02. The fraction of sp³-hybridized carbons (Fsp3) is 0.935. The van der Waals surface area contributed by atoms with E-state index in [1.165, 1.54) is 39.9 Å². The van der Waals surface area contributed by atoms with Gasteiger partial charge in [0.15, 0.2) is 0 Å². The molecule has 0 radical (unpaired) electrons. The molecule has 0 amide bonds. The highest BCUT2D eigenvalue weighted by Crippen LogP contribution is 2.65. The van der Waals surface area contributed by atoms with Crippen molar-refractivity contribution in [1.29, 1.82) is 0 Å². The highest BCUT2D eigenvalue weighted by molar-refractivity contribution is 5.72. The lowest BCUT2D eigenvalue weighted by molar-refractivity contribution is -0.196. The van der Waals surface area contributed by atoms with Gasteiger partial charge in [0.05, 0.1) is 26.8 Å². The molecule has 0 bridgehead atoms. The molecular weight excluding hydrogens is 512 g/mol. The Morgan fingerprint density at radius 3 is 2.00 bits per heavy atom. The van der Waals surface area contributed by atoms with E-state index in [2.05, 4.69) is 16.4 Å². The molecule has 0 aromatic carbocycles. The number of hydrogen-bond acceptors (Lipinski definition) is 4. The van der Waals surface area contributed by atoms with Gasteiger partial charge in [-0.2, -0.15) is 13.2 Å². The largest absolute Gasteiger partial charge is 0.469 e. The highest BCUT2D eigenvalue weighted by Gasteiger charge is 2.57. The SMILES string of the molecule is C.C.CC12CCC3C4CCC(C(F)(F)F)CC4CCC3C1CCC2CCCF.COC(=O)CCCC(=O)OC. The van der Waals surface area contributed by atoms with Gasteiger partial charge in [-0.1, -0.05) is 21.8 Å². The van der Waals surface area contributed by atoms with Crippen molar-refractivity contribution in [2.24, 2.45) is 46.8 Å². The molecule has 39 heavy (non-hydrogen) atoms. The molecule has 0 spiro atoms. The van der Waals surface area contributed by atoms with Gasteiger partial charge in [0.2, 0.25) is 0 Å². The second-order valence-corrected chi connectivity index (χ2v) is 12.1. The molecule has 0 heterocycles. The third-order valence-corrected chi connectivity index (χ3v) is 10.5. The lowest BCUT2D eigenvalue weighted by atomic mass is 9.49. The summed E-state index contributed by atoms with van der Waals surface area (Å²) < 4.78 is 61.0. The molecule has 4 aliphatic rings. The molecule has 8 atom stereocenters. The fourth-order valence-electron chi connectivity index (χ4n) is 8.64. The summed E-state index contributed by atoms with van der Waals surface area (Å²) in [6, 6.07) is 0. The fourth-order valence-corrected chi connectivity index (χ4v) is 8.64. The Bertz CT molecular complexity index is 741. The third-order valence-electron chi connectivity index (χ3n) is 10.5. The molecule has 4 aliphatic carbocycles. The van der Waals surface area contributed by atoms with Gasteiger partial charge in [0, 0.05) is 12.8 Å². The number of fused-ring (bicyclic) bond motifs is 5. The average molecular weight is 567 g/mol. The number of carbonyl (C=O) groups excluding carboxylic acids is 2. The van der Waals surface area contributed by atoms with Crippen LogP contribution in [0.25, 0.3) is 0 Å². The number of alkyl halides is 4. The zero-order chi connectivity index (χ0) is 27.2. The van der Waals surface area contributed by atoms with E-state index in [0.29, 0.717) is 54.8 Å². The van der Waals surface area contributed by atoms with E-state index in [9.17, 15) is 27.2 Å². The summed E-state index contributed by atoms with van der Waals surface area (Å²) >= 11 is 0. The van der Waals surface area contributed by atoms with E-state index in [1.54, 1.807) is 0 Å². The van der Waals surface area contributed by atoms with Crippen LogP contribution in [0.15, 0.2) is 0 Å². The van der Waals surface area contributed by atoms with Crippen molar-refractivity contribution in [3.05, 3.63) is 0 Å². The summed E-state index contributed by atoms with van der Waals surface area (Å²) in [4.78, 5) is 21.0. The second-order valence-electron chi connectivity index (χ2n) is 12.1. The molecule has 8 unspecified atom stereocenters. The van der Waals surface area contributed by atoms with Gasteiger partial charge in [-0.25, -0.2) is 0 Å². The maximum absolute atomic E-state index is 13.2. The van der Waals surface area contributed by atoms with Gasteiger partial charge in [-0.3, -0.25) is 14.0 Å². The van der Waals surface area contributed by atoms with Crippen LogP contribution >= 0.6 is 0 Å². The number of carbonyl (C=O) groups is 2. The molecule has 230 valence electrons. The van der Waals surface area contributed by atoms with Crippen LogP contribution in [0, 0.1) is 46.8 Å². The Hall–Kier alpha value is -1.34. The van der Waals surface area contributed by atoms with E-state index >= 15 is 0 Å². The van der Waals surface area contributed by atoms with Crippen molar-refractivity contribution in [2.45, 2.75) is 118 Å². The first-order valence-electron chi connectivity index (χ1n) is 14.3. The molecular formula is C31H54F4O4. The number of methoxy groups -OCH3 is 2. The Labute approximate surface area is 234 Å². The summed E-state index contributed by atoms with van der Waals surface area (Å²) in [6.45, 7) is 2.25. The van der Waals surface area contributed by atoms with Crippen LogP contribution in [0.4, 0.5) is 17.6 Å². The first kappa shape index (κ1) is 35.7. The van der Waals surface area contributed by atoms with Crippen molar-refractivity contribution in [3.63, 3.8) is 0 Å². The van der Waals surface area contributed by atoms with Gasteiger partial charge in [0.1, 0.15) is 0 Å². The number of ether oxygens (including phenoxy) is 2. The van der Waals surface area contributed by atoms with Crippen molar-refractivity contribution >= 4 is 11.9 Å². The van der Waals surface area contributed by atoms with Crippen molar-refractivity contribution < 1.29 is 36.6 Å². The van der Waals surface area contributed by atoms with E-state index in [-0.39, 0.29) is 46.3 Å². The Morgan fingerprint density at radius 2 is 1.44 bits per heavy atom. The summed E-state index contributed by atoms with van der Waals surface area (Å²) in [5.41, 5.74) is 0.367. The topological polar surface area (TPSA) is 52.6 Å². The Balaban J connectivity index is 0.000000505. The lowest BCUT2D eigenvalue weighted by Gasteiger charge is -2.56. The smallest absolute Gasteiger partial charge is 0.391 e. The number of halogens is 4. The minimum atomic E-state index is -4.00. The summed E-state index contributed by atoms with van der Waals surface area (Å²) in [5, 5.41) is 0. The van der Waals surface area contributed by atoms with Crippen LogP contribution in [0.2, 0.25) is 0 Å². The first-order valence-corrected chi connectivity index (χ1v) is 14.3. The number of esters is 2. The van der Waals surface area contributed by atoms with Crippen LogP contribution in [-0.2, 0) is 19.1 Å². The van der Waals surface area contributed by atoms with Gasteiger partial charge in [-0.05, 0) is 118 Å². The normalized spacial score (nSPS) is 34.9. The first-order chi connectivity index (χ1) is 17.5. The van der Waals surface area contributed by atoms with Gasteiger partial charge in [0.25, 0.3) is 0 Å². The van der Waals surface area contributed by atoms with Gasteiger partial charge < -0.3 is 9.47 Å². The quantitative estimate of drug-likeness (QED) is 0.228. The van der Waals surface area contributed by atoms with E-state index in [1.807, 2.05) is 0 Å². The standard InChI is InChI=1S/C22H34F4.C7H12O4.2CH4/c1-21-11-10-18-17-8-5-16(22(24,25)26)13-14(17)4-7-19(18)20(21)9-6-15(21)3-2-12-23;1-10-6(8)4-3-5-7(9)11-2;;/h14-20H,2-13H2,1H3;3-5H2,1-2H3;2*1H4. The Morgan fingerprint density at radius 1 is 0.821 bits per heavy atom. The zero-order valence-electron chi connectivity index (χ0n) is 22.8. The van der Waals surface area contributed by atoms with E-state index in [4.69, 9.17) is 0 Å². The van der Waals surface area contributed by atoms with Crippen LogP contribution < -0.4 is 0 Å². The minimum absolute atomic E-state index is 0. The zero-order valence-corrected chi connectivity index (χ0v) is 22.8. The maximum atomic E-state index is 13.2. The number of hydrogen-bond donors (Lipinski definition) is 0. The van der Waals surface area contributed by atoms with Crippen molar-refractivity contribution in [2.75, 3.05) is 20.9 Å². The van der Waals surface area contributed by atoms with Crippen molar-refractivity contribution in [1.82, 2.24) is 0 Å². The minimum Gasteiger partial charge on any atom is -0.469 e. The molecule has 4 fully saturated rings. The predicted octanol–water partition coefficient (Wildman–Crippen LogP) is 8.96. The molecule has 0 aromatic rings. The van der Waals surface area contributed by atoms with E-state index in [0.717, 1.165) is 37.5 Å². The van der Waals surface area contributed by atoms with Gasteiger partial charge >= 0.3 is 18.1 Å². The average Bonchev–Trinajstić information content (AvgIpc) is 3.22. The molecule has 0 aliphatic heterocycles. The molecule has 0 saturated heterocycles. The van der Waals surface area contributed by atoms with Crippen LogP contribution in [-0.4, -0.2) is 39.0 Å². The van der Waals surface area contributed by atoms with Crippen LogP contribution in [0.5, 0.6) is 0 Å². The number of rotatable bonds is 7. The van der Waals surface area contributed by atoms with E-state index < -0.39 is 12.1 Å². The molecule has 4 rings (SSSR count). The molecule has 4 nitrogen and oxygen atoms in total. The molecule has 4 saturated carbocycles. The molecule has 0 aromatic heterocycles. The van der Waals surface area contributed by atoms with Crippen LogP contribution in [0.1, 0.15) is 112 Å². The maximum Gasteiger partial charge on any atom is 0.391 e. The summed E-state index contributed by atoms with van der Waals surface area (Å²) in [6.07, 6.45) is 7.41. The second kappa shape index (κ2) is 15.6.